The number of pyridine rings is 1. The molecule has 1 aliphatic carbocycles. The minimum absolute atomic E-state index is 0.000379. The molecule has 1 aliphatic rings. The van der Waals surface area contributed by atoms with E-state index in [1.807, 2.05) is 43.5 Å². The summed E-state index contributed by atoms with van der Waals surface area (Å²) in [4.78, 5) is 29.9. The van der Waals surface area contributed by atoms with Crippen molar-refractivity contribution in [1.29, 1.82) is 0 Å². The lowest BCUT2D eigenvalue weighted by atomic mass is 9.96. The van der Waals surface area contributed by atoms with Crippen LogP contribution in [0.3, 0.4) is 0 Å². The van der Waals surface area contributed by atoms with E-state index in [1.54, 1.807) is 15.2 Å². The second-order valence-electron chi connectivity index (χ2n) is 7.84. The van der Waals surface area contributed by atoms with Gasteiger partial charge in [-0.2, -0.15) is 0 Å². The van der Waals surface area contributed by atoms with Gasteiger partial charge in [0.1, 0.15) is 5.49 Å². The number of hydrogen-bond donors (Lipinski definition) is 0. The summed E-state index contributed by atoms with van der Waals surface area (Å²) in [5.74, 6) is -0.380. The molecule has 152 valence electrons. The number of rotatable bonds is 5. The topological polar surface area (TPSA) is 69.5 Å². The summed E-state index contributed by atoms with van der Waals surface area (Å²) < 4.78 is 8.52. The number of oxazole rings is 1. The lowest BCUT2D eigenvalue weighted by molar-refractivity contribution is 0.0892. The van der Waals surface area contributed by atoms with E-state index in [1.165, 1.54) is 19.3 Å². The molecule has 1 aromatic carbocycles. The second-order valence-corrected chi connectivity index (χ2v) is 7.84. The fourth-order valence-corrected chi connectivity index (χ4v) is 4.03. The summed E-state index contributed by atoms with van der Waals surface area (Å²) in [7, 11) is 0. The SMILES string of the molecule is Cc1ccn(C(=O)CCCn2c(=O)oc3ccccc32)c(=NC2CCCCC2)c1. The molecule has 4 rings (SSSR count). The van der Waals surface area contributed by atoms with Crippen molar-refractivity contribution in [3.8, 4) is 0 Å². The standard InChI is InChI=1S/C23H27N3O3/c1-17-13-15-26(21(16-17)24-18-8-3-2-4-9-18)22(27)12-7-14-25-19-10-5-6-11-20(19)29-23(25)28/h5-6,10-11,13,15-16,18H,2-4,7-9,12,14H2,1H3. The molecule has 2 aromatic heterocycles. The number of hydrogen-bond acceptors (Lipinski definition) is 4. The van der Waals surface area contributed by atoms with Crippen molar-refractivity contribution < 1.29 is 9.21 Å². The van der Waals surface area contributed by atoms with Crippen LogP contribution in [-0.2, 0) is 6.54 Å². The summed E-state index contributed by atoms with van der Waals surface area (Å²) in [6, 6.07) is 11.6. The summed E-state index contributed by atoms with van der Waals surface area (Å²) in [5.41, 5.74) is 3.18. The van der Waals surface area contributed by atoms with Crippen LogP contribution in [0.1, 0.15) is 55.3 Å². The van der Waals surface area contributed by atoms with Gasteiger partial charge in [0.05, 0.1) is 11.6 Å². The van der Waals surface area contributed by atoms with E-state index in [0.717, 1.165) is 29.4 Å². The number of carbonyl (C=O) groups excluding carboxylic acids is 1. The average Bonchev–Trinajstić information content (AvgIpc) is 3.04. The Morgan fingerprint density at radius 1 is 1.17 bits per heavy atom. The normalized spacial score (nSPS) is 15.8. The smallest absolute Gasteiger partial charge is 0.408 e. The van der Waals surface area contributed by atoms with E-state index < -0.39 is 0 Å². The van der Waals surface area contributed by atoms with Gasteiger partial charge in [-0.15, -0.1) is 0 Å². The molecular formula is C23H27N3O3. The number of aromatic nitrogens is 2. The third-order valence-corrected chi connectivity index (χ3v) is 5.59. The summed E-state index contributed by atoms with van der Waals surface area (Å²) in [6.45, 7) is 2.47. The van der Waals surface area contributed by atoms with E-state index in [4.69, 9.17) is 9.41 Å². The van der Waals surface area contributed by atoms with E-state index in [-0.39, 0.29) is 11.7 Å². The zero-order valence-electron chi connectivity index (χ0n) is 16.8. The van der Waals surface area contributed by atoms with E-state index in [2.05, 4.69) is 0 Å². The zero-order chi connectivity index (χ0) is 20.2. The molecule has 0 spiro atoms. The van der Waals surface area contributed by atoms with Crippen molar-refractivity contribution in [3.05, 3.63) is 64.2 Å². The van der Waals surface area contributed by atoms with Crippen molar-refractivity contribution in [3.63, 3.8) is 0 Å². The van der Waals surface area contributed by atoms with Gasteiger partial charge in [0.25, 0.3) is 0 Å². The Morgan fingerprint density at radius 3 is 2.79 bits per heavy atom. The fourth-order valence-electron chi connectivity index (χ4n) is 4.03. The summed E-state index contributed by atoms with van der Waals surface area (Å²) in [5, 5.41) is 0. The lowest BCUT2D eigenvalue weighted by Crippen LogP contribution is -2.29. The Balaban J connectivity index is 1.49. The Kier molecular flexibility index (Phi) is 5.79. The Morgan fingerprint density at radius 2 is 1.97 bits per heavy atom. The number of nitrogens with zero attached hydrogens (tertiary/aromatic N) is 3. The highest BCUT2D eigenvalue weighted by atomic mass is 16.4. The largest absolute Gasteiger partial charge is 0.419 e. The van der Waals surface area contributed by atoms with E-state index in [9.17, 15) is 9.59 Å². The first-order chi connectivity index (χ1) is 14.1. The molecule has 0 saturated heterocycles. The number of aryl methyl sites for hydroxylation is 2. The Hall–Kier alpha value is -2.89. The van der Waals surface area contributed by atoms with Crippen LogP contribution in [0.5, 0.6) is 0 Å². The van der Waals surface area contributed by atoms with Crippen LogP contribution in [-0.4, -0.2) is 21.1 Å². The monoisotopic (exact) mass is 393 g/mol. The highest BCUT2D eigenvalue weighted by Gasteiger charge is 2.14. The summed E-state index contributed by atoms with van der Waals surface area (Å²) in [6.07, 6.45) is 8.61. The predicted octanol–water partition coefficient (Wildman–Crippen LogP) is 4.06. The first-order valence-corrected chi connectivity index (χ1v) is 10.5. The Bertz CT molecular complexity index is 1130. The van der Waals surface area contributed by atoms with Gasteiger partial charge in [-0.3, -0.25) is 18.9 Å². The van der Waals surface area contributed by atoms with Gasteiger partial charge in [0, 0.05) is 19.2 Å². The third kappa shape index (κ3) is 4.42. The van der Waals surface area contributed by atoms with Gasteiger partial charge < -0.3 is 4.42 Å². The van der Waals surface area contributed by atoms with Crippen LogP contribution < -0.4 is 11.2 Å². The fraction of sp³-hybridized carbons (Fsp3) is 0.435. The molecule has 0 aliphatic heterocycles. The first-order valence-electron chi connectivity index (χ1n) is 10.5. The highest BCUT2D eigenvalue weighted by Crippen LogP contribution is 2.19. The molecule has 1 fully saturated rings. The molecule has 3 aromatic rings. The molecule has 0 amide bonds. The van der Waals surface area contributed by atoms with Gasteiger partial charge in [-0.1, -0.05) is 31.4 Å². The van der Waals surface area contributed by atoms with Crippen molar-refractivity contribution in [2.24, 2.45) is 4.99 Å². The molecule has 1 saturated carbocycles. The van der Waals surface area contributed by atoms with Crippen LogP contribution in [0, 0.1) is 6.92 Å². The van der Waals surface area contributed by atoms with Crippen LogP contribution in [0.4, 0.5) is 0 Å². The zero-order valence-corrected chi connectivity index (χ0v) is 16.8. The lowest BCUT2D eigenvalue weighted by Gasteiger charge is -2.18. The number of carbonyl (C=O) groups is 1. The maximum Gasteiger partial charge on any atom is 0.419 e. The van der Waals surface area contributed by atoms with Crippen molar-refractivity contribution >= 4 is 17.0 Å². The Labute approximate surface area is 169 Å². The maximum absolute atomic E-state index is 12.9. The van der Waals surface area contributed by atoms with Gasteiger partial charge in [-0.05, 0) is 56.0 Å². The molecule has 0 bridgehead atoms. The minimum atomic E-state index is -0.380. The van der Waals surface area contributed by atoms with E-state index >= 15 is 0 Å². The maximum atomic E-state index is 12.9. The van der Waals surface area contributed by atoms with Crippen LogP contribution in [0.15, 0.2) is 56.8 Å². The quantitative estimate of drug-likeness (QED) is 0.656. The number of para-hydroxylation sites is 2. The molecular weight excluding hydrogens is 366 g/mol. The number of benzene rings is 1. The van der Waals surface area contributed by atoms with Gasteiger partial charge >= 0.3 is 5.76 Å². The number of fused-ring (bicyclic) bond motifs is 1. The van der Waals surface area contributed by atoms with Crippen LogP contribution >= 0.6 is 0 Å². The molecule has 6 nitrogen and oxygen atoms in total. The van der Waals surface area contributed by atoms with Crippen molar-refractivity contribution in [2.75, 3.05) is 0 Å². The molecule has 29 heavy (non-hydrogen) atoms. The third-order valence-electron chi connectivity index (χ3n) is 5.59. The second kappa shape index (κ2) is 8.64. The van der Waals surface area contributed by atoms with Crippen LogP contribution in [0.2, 0.25) is 0 Å². The van der Waals surface area contributed by atoms with Gasteiger partial charge in [-0.25, -0.2) is 4.79 Å². The molecule has 6 heteroatoms. The summed E-state index contributed by atoms with van der Waals surface area (Å²) >= 11 is 0. The predicted molar refractivity (Wildman–Crippen MR) is 112 cm³/mol. The minimum Gasteiger partial charge on any atom is -0.408 e. The van der Waals surface area contributed by atoms with Gasteiger partial charge in [0.15, 0.2) is 5.58 Å². The van der Waals surface area contributed by atoms with Crippen molar-refractivity contribution in [2.45, 2.75) is 64.5 Å². The molecule has 0 atom stereocenters. The van der Waals surface area contributed by atoms with Crippen molar-refractivity contribution in [1.82, 2.24) is 9.13 Å². The first kappa shape index (κ1) is 19.4. The van der Waals surface area contributed by atoms with Gasteiger partial charge in [0.2, 0.25) is 5.91 Å². The molecule has 0 unspecified atom stereocenters. The van der Waals surface area contributed by atoms with Crippen LogP contribution in [0.25, 0.3) is 11.1 Å². The molecule has 0 N–H and O–H groups in total. The highest BCUT2D eigenvalue weighted by molar-refractivity contribution is 5.78. The average molecular weight is 393 g/mol. The molecule has 0 radical (unpaired) electrons. The van der Waals surface area contributed by atoms with E-state index in [0.29, 0.717) is 31.0 Å². The molecule has 2 heterocycles.